The molecule has 1 atom stereocenters. The summed E-state index contributed by atoms with van der Waals surface area (Å²) in [5.74, 6) is -4.20. The van der Waals surface area contributed by atoms with Gasteiger partial charge in [0.1, 0.15) is 11.2 Å². The van der Waals surface area contributed by atoms with Gasteiger partial charge in [0.25, 0.3) is 5.91 Å². The van der Waals surface area contributed by atoms with Crippen molar-refractivity contribution in [1.29, 1.82) is 0 Å². The van der Waals surface area contributed by atoms with E-state index in [9.17, 15) is 18.4 Å². The summed E-state index contributed by atoms with van der Waals surface area (Å²) >= 11 is 5.66. The first-order valence-corrected chi connectivity index (χ1v) is 6.91. The number of hydrogen-bond donors (Lipinski definition) is 2. The topological polar surface area (TPSA) is 85.1 Å². The SMILES string of the molecule is NC(=O)[C@@H](Cc1ccc(Cl)nc1)NC(=O)c1cccc(F)c1F. The Balaban J connectivity index is 2.16. The molecule has 0 bridgehead atoms. The average Bonchev–Trinajstić information content (AvgIpc) is 2.51. The molecule has 0 fully saturated rings. The van der Waals surface area contributed by atoms with Gasteiger partial charge in [0.2, 0.25) is 5.91 Å². The number of aromatic nitrogens is 1. The summed E-state index contributed by atoms with van der Waals surface area (Å²) in [5.41, 5.74) is 5.33. The van der Waals surface area contributed by atoms with Crippen LogP contribution in [0, 0.1) is 11.6 Å². The minimum absolute atomic E-state index is 0.0438. The first kappa shape index (κ1) is 16.8. The second-order valence-electron chi connectivity index (χ2n) is 4.72. The number of primary amides is 1. The number of nitrogens with one attached hydrogen (secondary N) is 1. The van der Waals surface area contributed by atoms with Crippen LogP contribution >= 0.6 is 11.6 Å². The normalized spacial score (nSPS) is 11.8. The molecule has 2 rings (SSSR count). The molecule has 1 aromatic carbocycles. The molecule has 1 aromatic heterocycles. The summed E-state index contributed by atoms with van der Waals surface area (Å²) in [6.45, 7) is 0. The first-order chi connectivity index (χ1) is 10.9. The second kappa shape index (κ2) is 7.15. The molecule has 0 saturated heterocycles. The molecular formula is C15H12ClF2N3O2. The number of carbonyl (C=O) groups excluding carboxylic acids is 2. The van der Waals surface area contributed by atoms with E-state index in [0.29, 0.717) is 5.56 Å². The molecule has 23 heavy (non-hydrogen) atoms. The Labute approximate surface area is 135 Å². The Morgan fingerprint density at radius 1 is 1.26 bits per heavy atom. The largest absolute Gasteiger partial charge is 0.368 e. The van der Waals surface area contributed by atoms with Crippen molar-refractivity contribution in [2.24, 2.45) is 5.73 Å². The van der Waals surface area contributed by atoms with Gasteiger partial charge >= 0.3 is 0 Å². The van der Waals surface area contributed by atoms with Gasteiger partial charge in [-0.05, 0) is 23.8 Å². The molecule has 0 aliphatic carbocycles. The third-order valence-electron chi connectivity index (χ3n) is 3.07. The van der Waals surface area contributed by atoms with Crippen LogP contribution in [0.5, 0.6) is 0 Å². The van der Waals surface area contributed by atoms with Gasteiger partial charge in [-0.1, -0.05) is 23.7 Å². The standard InChI is InChI=1S/C15H12ClF2N3O2/c16-12-5-4-8(7-20-12)6-11(14(19)22)21-15(23)9-2-1-3-10(17)13(9)18/h1-5,7,11H,6H2,(H2,19,22)(H,21,23)/t11-/m1/s1. The van der Waals surface area contributed by atoms with Crippen LogP contribution in [0.15, 0.2) is 36.5 Å². The van der Waals surface area contributed by atoms with Crippen molar-refractivity contribution in [2.75, 3.05) is 0 Å². The molecule has 3 N–H and O–H groups in total. The molecule has 0 spiro atoms. The van der Waals surface area contributed by atoms with Gasteiger partial charge in [-0.15, -0.1) is 0 Å². The van der Waals surface area contributed by atoms with Crippen LogP contribution < -0.4 is 11.1 Å². The highest BCUT2D eigenvalue weighted by Crippen LogP contribution is 2.12. The fourth-order valence-corrected chi connectivity index (χ4v) is 2.01. The Bertz CT molecular complexity index is 738. The lowest BCUT2D eigenvalue weighted by molar-refractivity contribution is -0.119. The van der Waals surface area contributed by atoms with E-state index in [1.807, 2.05) is 0 Å². The Kier molecular flexibility index (Phi) is 5.23. The molecule has 5 nitrogen and oxygen atoms in total. The van der Waals surface area contributed by atoms with Crippen LogP contribution in [-0.2, 0) is 11.2 Å². The number of nitrogens with zero attached hydrogens (tertiary/aromatic N) is 1. The number of amides is 2. The monoisotopic (exact) mass is 339 g/mol. The maximum absolute atomic E-state index is 13.6. The van der Waals surface area contributed by atoms with Crippen molar-refractivity contribution in [3.63, 3.8) is 0 Å². The van der Waals surface area contributed by atoms with E-state index in [2.05, 4.69) is 10.3 Å². The zero-order valence-corrected chi connectivity index (χ0v) is 12.5. The molecule has 2 aromatic rings. The summed E-state index contributed by atoms with van der Waals surface area (Å²) in [6, 6.07) is 5.21. The number of nitrogens with two attached hydrogens (primary N) is 1. The predicted octanol–water partition coefficient (Wildman–Crippen LogP) is 1.84. The van der Waals surface area contributed by atoms with Gasteiger partial charge in [-0.25, -0.2) is 13.8 Å². The average molecular weight is 340 g/mol. The van der Waals surface area contributed by atoms with E-state index in [1.165, 1.54) is 18.3 Å². The lowest BCUT2D eigenvalue weighted by atomic mass is 10.1. The second-order valence-corrected chi connectivity index (χ2v) is 5.11. The third-order valence-corrected chi connectivity index (χ3v) is 3.30. The maximum atomic E-state index is 13.6. The predicted molar refractivity (Wildman–Crippen MR) is 79.8 cm³/mol. The molecule has 0 aliphatic rings. The van der Waals surface area contributed by atoms with E-state index in [-0.39, 0.29) is 11.6 Å². The summed E-state index contributed by atoms with van der Waals surface area (Å²) in [5, 5.41) is 2.56. The van der Waals surface area contributed by atoms with Crippen molar-refractivity contribution in [1.82, 2.24) is 10.3 Å². The van der Waals surface area contributed by atoms with Crippen LogP contribution in [0.2, 0.25) is 5.15 Å². The van der Waals surface area contributed by atoms with E-state index in [0.717, 1.165) is 12.1 Å². The van der Waals surface area contributed by atoms with Crippen LogP contribution in [0.25, 0.3) is 0 Å². The summed E-state index contributed by atoms with van der Waals surface area (Å²) in [4.78, 5) is 27.3. The van der Waals surface area contributed by atoms with E-state index >= 15 is 0 Å². The summed E-state index contributed by atoms with van der Waals surface area (Å²) in [6.07, 6.45) is 1.47. The zero-order valence-electron chi connectivity index (χ0n) is 11.7. The van der Waals surface area contributed by atoms with E-state index < -0.39 is 35.1 Å². The van der Waals surface area contributed by atoms with E-state index in [1.54, 1.807) is 6.07 Å². The minimum Gasteiger partial charge on any atom is -0.368 e. The van der Waals surface area contributed by atoms with Crippen LogP contribution in [0.1, 0.15) is 15.9 Å². The fraction of sp³-hybridized carbons (Fsp3) is 0.133. The van der Waals surface area contributed by atoms with Gasteiger partial charge in [0.15, 0.2) is 11.6 Å². The van der Waals surface area contributed by atoms with Gasteiger partial charge in [0.05, 0.1) is 5.56 Å². The van der Waals surface area contributed by atoms with Crippen molar-refractivity contribution in [3.05, 3.63) is 64.4 Å². The van der Waals surface area contributed by atoms with Crippen molar-refractivity contribution < 1.29 is 18.4 Å². The number of hydrogen-bond acceptors (Lipinski definition) is 3. The minimum atomic E-state index is -1.29. The number of rotatable bonds is 5. The Morgan fingerprint density at radius 3 is 2.61 bits per heavy atom. The summed E-state index contributed by atoms with van der Waals surface area (Å²) in [7, 11) is 0. The molecule has 0 saturated carbocycles. The maximum Gasteiger partial charge on any atom is 0.255 e. The molecule has 0 radical (unpaired) electrons. The quantitative estimate of drug-likeness (QED) is 0.815. The highest BCUT2D eigenvalue weighted by molar-refractivity contribution is 6.29. The molecule has 0 aliphatic heterocycles. The number of pyridine rings is 1. The van der Waals surface area contributed by atoms with Gasteiger partial charge in [-0.3, -0.25) is 9.59 Å². The Morgan fingerprint density at radius 2 is 2.00 bits per heavy atom. The first-order valence-electron chi connectivity index (χ1n) is 6.53. The molecule has 2 amide bonds. The number of benzene rings is 1. The fourth-order valence-electron chi connectivity index (χ4n) is 1.90. The molecule has 120 valence electrons. The lowest BCUT2D eigenvalue weighted by Crippen LogP contribution is -2.46. The van der Waals surface area contributed by atoms with Gasteiger partial charge in [0, 0.05) is 12.6 Å². The van der Waals surface area contributed by atoms with Gasteiger partial charge < -0.3 is 11.1 Å². The van der Waals surface area contributed by atoms with Crippen molar-refractivity contribution in [2.45, 2.75) is 12.5 Å². The van der Waals surface area contributed by atoms with Crippen LogP contribution in [-0.4, -0.2) is 22.8 Å². The molecule has 0 unspecified atom stereocenters. The molecule has 8 heteroatoms. The van der Waals surface area contributed by atoms with Crippen molar-refractivity contribution >= 4 is 23.4 Å². The molecular weight excluding hydrogens is 328 g/mol. The zero-order chi connectivity index (χ0) is 17.0. The Hall–Kier alpha value is -2.54. The third kappa shape index (κ3) is 4.23. The summed E-state index contributed by atoms with van der Waals surface area (Å²) < 4.78 is 26.8. The number of carbonyl (C=O) groups is 2. The van der Waals surface area contributed by atoms with Gasteiger partial charge in [-0.2, -0.15) is 0 Å². The highest BCUT2D eigenvalue weighted by atomic mass is 35.5. The van der Waals surface area contributed by atoms with Crippen LogP contribution in [0.3, 0.4) is 0 Å². The smallest absolute Gasteiger partial charge is 0.255 e. The lowest BCUT2D eigenvalue weighted by Gasteiger charge is -2.16. The van der Waals surface area contributed by atoms with Crippen molar-refractivity contribution in [3.8, 4) is 0 Å². The highest BCUT2D eigenvalue weighted by Gasteiger charge is 2.22. The van der Waals surface area contributed by atoms with E-state index in [4.69, 9.17) is 17.3 Å². The van der Waals surface area contributed by atoms with Crippen LogP contribution in [0.4, 0.5) is 8.78 Å². The molecule has 1 heterocycles. The number of halogens is 3.